The van der Waals surface area contributed by atoms with E-state index in [0.717, 1.165) is 0 Å². The molecule has 0 aromatic carbocycles. The van der Waals surface area contributed by atoms with Crippen LogP contribution in [0.25, 0.3) is 0 Å². The Morgan fingerprint density at radius 3 is 2.27 bits per heavy atom. The fourth-order valence-electron chi connectivity index (χ4n) is 4.15. The number of carbonyl (C=O) groups is 3. The van der Waals surface area contributed by atoms with Crippen molar-refractivity contribution in [1.82, 2.24) is 19.3 Å². The number of aryl methyl sites for hydroxylation is 1. The second-order valence-electron chi connectivity index (χ2n) is 8.07. The molecule has 2 aliphatic rings. The maximum Gasteiger partial charge on any atom is 0.270 e. The summed E-state index contributed by atoms with van der Waals surface area (Å²) in [6, 6.07) is 3.66. The summed E-state index contributed by atoms with van der Waals surface area (Å²) in [6.45, 7) is 6.36. The Kier molecular flexibility index (Phi) is 4.82. The van der Waals surface area contributed by atoms with Crippen LogP contribution >= 0.6 is 0 Å². The molecule has 0 radical (unpaired) electrons. The predicted octanol–water partition coefficient (Wildman–Crippen LogP) is 0.814. The number of rotatable bonds is 2. The molecule has 2 saturated heterocycles. The Hall–Kier alpha value is -2.31. The summed E-state index contributed by atoms with van der Waals surface area (Å²) in [5, 5.41) is 0. The van der Waals surface area contributed by atoms with E-state index in [2.05, 4.69) is 0 Å². The van der Waals surface area contributed by atoms with E-state index in [1.165, 1.54) is 0 Å². The van der Waals surface area contributed by atoms with Crippen molar-refractivity contribution in [2.24, 2.45) is 18.4 Å². The van der Waals surface area contributed by atoms with Crippen LogP contribution in [0.5, 0.6) is 0 Å². The number of hydrogen-bond donors (Lipinski definition) is 0. The monoisotopic (exact) mass is 360 g/mol. The Bertz CT molecular complexity index is 726. The first kappa shape index (κ1) is 18.5. The van der Waals surface area contributed by atoms with Gasteiger partial charge in [-0.25, -0.2) is 0 Å². The Morgan fingerprint density at radius 2 is 1.73 bits per heavy atom. The maximum atomic E-state index is 13.1. The van der Waals surface area contributed by atoms with Crippen LogP contribution < -0.4 is 0 Å². The van der Waals surface area contributed by atoms with Crippen molar-refractivity contribution in [1.29, 1.82) is 0 Å². The van der Waals surface area contributed by atoms with E-state index < -0.39 is 5.41 Å². The van der Waals surface area contributed by atoms with Crippen LogP contribution in [-0.4, -0.2) is 76.8 Å². The van der Waals surface area contributed by atoms with Crippen LogP contribution in [0.2, 0.25) is 0 Å². The van der Waals surface area contributed by atoms with E-state index in [1.54, 1.807) is 11.9 Å². The normalized spacial score (nSPS) is 23.9. The lowest BCUT2D eigenvalue weighted by atomic mass is 9.85. The number of likely N-dealkylation sites (tertiary alicyclic amines) is 1. The van der Waals surface area contributed by atoms with Crippen LogP contribution in [0.3, 0.4) is 0 Å². The minimum Gasteiger partial charge on any atom is -0.347 e. The largest absolute Gasteiger partial charge is 0.347 e. The van der Waals surface area contributed by atoms with E-state index in [1.807, 2.05) is 53.6 Å². The van der Waals surface area contributed by atoms with Gasteiger partial charge in [0.1, 0.15) is 5.69 Å². The fraction of sp³-hybridized carbons (Fsp3) is 0.632. The van der Waals surface area contributed by atoms with Gasteiger partial charge in [0.25, 0.3) is 5.91 Å². The number of carbonyl (C=O) groups excluding carboxylic acids is 3. The zero-order valence-corrected chi connectivity index (χ0v) is 16.1. The van der Waals surface area contributed by atoms with Gasteiger partial charge in [-0.1, -0.05) is 13.8 Å². The minimum absolute atomic E-state index is 0.0438. The summed E-state index contributed by atoms with van der Waals surface area (Å²) in [4.78, 5) is 43.3. The maximum absolute atomic E-state index is 13.1. The molecule has 142 valence electrons. The van der Waals surface area contributed by atoms with Crippen molar-refractivity contribution in [2.75, 3.05) is 39.8 Å². The molecule has 1 unspecified atom stereocenters. The van der Waals surface area contributed by atoms with Gasteiger partial charge in [-0.3, -0.25) is 14.4 Å². The van der Waals surface area contributed by atoms with Crippen LogP contribution in [0.15, 0.2) is 18.3 Å². The van der Waals surface area contributed by atoms with Crippen molar-refractivity contribution in [2.45, 2.75) is 20.3 Å². The fourth-order valence-corrected chi connectivity index (χ4v) is 4.15. The van der Waals surface area contributed by atoms with E-state index in [-0.39, 0.29) is 23.6 Å². The molecular weight excluding hydrogens is 332 g/mol. The highest BCUT2D eigenvalue weighted by molar-refractivity contribution is 5.93. The number of hydrogen-bond acceptors (Lipinski definition) is 3. The Labute approximate surface area is 154 Å². The van der Waals surface area contributed by atoms with Gasteiger partial charge in [0, 0.05) is 70.8 Å². The first-order valence-corrected chi connectivity index (χ1v) is 9.16. The standard InChI is InChI=1S/C19H28N4O3/c1-14(2)17(25)22-8-9-23(18(26)15-6-5-7-20(15)3)13-19(12-22)10-16(24)21(4)11-19/h5-7,14H,8-13H2,1-4H3. The molecule has 1 atom stereocenters. The summed E-state index contributed by atoms with van der Waals surface area (Å²) in [7, 11) is 3.64. The second-order valence-corrected chi connectivity index (χ2v) is 8.07. The molecule has 3 heterocycles. The summed E-state index contributed by atoms with van der Waals surface area (Å²) in [6.07, 6.45) is 2.23. The topological polar surface area (TPSA) is 65.9 Å². The molecule has 2 fully saturated rings. The highest BCUT2D eigenvalue weighted by atomic mass is 16.2. The van der Waals surface area contributed by atoms with Gasteiger partial charge in [0.05, 0.1) is 0 Å². The van der Waals surface area contributed by atoms with Crippen molar-refractivity contribution in [3.8, 4) is 0 Å². The Balaban J connectivity index is 1.90. The third kappa shape index (κ3) is 3.34. The SMILES string of the molecule is CC(C)C(=O)N1CCN(C(=O)c2cccn2C)CC2(CC(=O)N(C)C2)C1. The van der Waals surface area contributed by atoms with E-state index >= 15 is 0 Å². The van der Waals surface area contributed by atoms with Gasteiger partial charge >= 0.3 is 0 Å². The summed E-state index contributed by atoms with van der Waals surface area (Å²) >= 11 is 0. The molecule has 1 spiro atoms. The van der Waals surface area contributed by atoms with Crippen molar-refractivity contribution < 1.29 is 14.4 Å². The molecular formula is C19H28N4O3. The zero-order valence-electron chi connectivity index (χ0n) is 16.1. The summed E-state index contributed by atoms with van der Waals surface area (Å²) < 4.78 is 1.81. The molecule has 3 rings (SSSR count). The van der Waals surface area contributed by atoms with Crippen molar-refractivity contribution in [3.63, 3.8) is 0 Å². The zero-order chi connectivity index (χ0) is 19.1. The smallest absolute Gasteiger partial charge is 0.270 e. The molecule has 0 N–H and O–H groups in total. The van der Waals surface area contributed by atoms with Crippen molar-refractivity contribution in [3.05, 3.63) is 24.0 Å². The first-order chi connectivity index (χ1) is 12.2. The van der Waals surface area contributed by atoms with Crippen LogP contribution in [0.1, 0.15) is 30.8 Å². The lowest BCUT2D eigenvalue weighted by Gasteiger charge is -2.33. The molecule has 26 heavy (non-hydrogen) atoms. The van der Waals surface area contributed by atoms with E-state index in [0.29, 0.717) is 44.8 Å². The van der Waals surface area contributed by atoms with Crippen LogP contribution in [-0.2, 0) is 16.6 Å². The van der Waals surface area contributed by atoms with Gasteiger partial charge in [0.2, 0.25) is 11.8 Å². The number of aromatic nitrogens is 1. The second kappa shape index (κ2) is 6.78. The lowest BCUT2D eigenvalue weighted by molar-refractivity contribution is -0.135. The molecule has 0 bridgehead atoms. The minimum atomic E-state index is -0.395. The first-order valence-electron chi connectivity index (χ1n) is 9.16. The quantitative estimate of drug-likeness (QED) is 0.784. The molecule has 0 aliphatic carbocycles. The average molecular weight is 360 g/mol. The van der Waals surface area contributed by atoms with Gasteiger partial charge in [0.15, 0.2) is 0 Å². The summed E-state index contributed by atoms with van der Waals surface area (Å²) in [5.74, 6) is 0.0180. The molecule has 2 aliphatic heterocycles. The third-order valence-corrected chi connectivity index (χ3v) is 5.47. The van der Waals surface area contributed by atoms with Gasteiger partial charge in [-0.15, -0.1) is 0 Å². The molecule has 0 saturated carbocycles. The Morgan fingerprint density at radius 1 is 1.08 bits per heavy atom. The molecule has 1 aromatic rings. The van der Waals surface area contributed by atoms with Crippen molar-refractivity contribution >= 4 is 17.7 Å². The van der Waals surface area contributed by atoms with Gasteiger partial charge in [-0.2, -0.15) is 0 Å². The highest BCUT2D eigenvalue weighted by Gasteiger charge is 2.47. The highest BCUT2D eigenvalue weighted by Crippen LogP contribution is 2.35. The number of amides is 3. The van der Waals surface area contributed by atoms with Gasteiger partial charge in [-0.05, 0) is 12.1 Å². The number of nitrogens with zero attached hydrogens (tertiary/aromatic N) is 4. The van der Waals surface area contributed by atoms with E-state index in [9.17, 15) is 14.4 Å². The third-order valence-electron chi connectivity index (χ3n) is 5.47. The molecule has 3 amide bonds. The molecule has 1 aromatic heterocycles. The molecule has 7 heteroatoms. The lowest BCUT2D eigenvalue weighted by Crippen LogP contribution is -2.46. The molecule has 7 nitrogen and oxygen atoms in total. The summed E-state index contributed by atoms with van der Waals surface area (Å²) in [5.41, 5.74) is 0.231. The van der Waals surface area contributed by atoms with Gasteiger partial charge < -0.3 is 19.3 Å². The van der Waals surface area contributed by atoms with Crippen LogP contribution in [0, 0.1) is 11.3 Å². The van der Waals surface area contributed by atoms with Crippen LogP contribution in [0.4, 0.5) is 0 Å². The predicted molar refractivity (Wildman–Crippen MR) is 97.4 cm³/mol. The average Bonchev–Trinajstić information content (AvgIpc) is 3.05. The van der Waals surface area contributed by atoms with E-state index in [4.69, 9.17) is 0 Å².